The summed E-state index contributed by atoms with van der Waals surface area (Å²) in [4.78, 5) is 23.7. The largest absolute Gasteiger partial charge is 0.393 e. The number of nitrogens with one attached hydrogen (secondary N) is 1. The number of hydrogen-bond donors (Lipinski definition) is 3. The van der Waals surface area contributed by atoms with Gasteiger partial charge in [0, 0.05) is 35.2 Å². The molecule has 4 atom stereocenters. The summed E-state index contributed by atoms with van der Waals surface area (Å²) < 4.78 is 33.3. The highest BCUT2D eigenvalue weighted by Gasteiger charge is 2.41. The summed E-state index contributed by atoms with van der Waals surface area (Å²) in [5.41, 5.74) is 1.81. The summed E-state index contributed by atoms with van der Waals surface area (Å²) in [6.45, 7) is 2.45. The summed E-state index contributed by atoms with van der Waals surface area (Å²) in [5, 5.41) is 18.5. The molecule has 0 bridgehead atoms. The van der Waals surface area contributed by atoms with Crippen molar-refractivity contribution in [3.63, 3.8) is 0 Å². The molecule has 5 rings (SSSR count). The number of aryl methyl sites for hydroxylation is 1. The van der Waals surface area contributed by atoms with Crippen LogP contribution in [0.3, 0.4) is 0 Å². The van der Waals surface area contributed by atoms with E-state index in [0.29, 0.717) is 35.7 Å². The van der Waals surface area contributed by atoms with E-state index in [-0.39, 0.29) is 18.4 Å². The maximum absolute atomic E-state index is 13.7. The molecular formula is C26H30N4O6S2. The number of nitrogens with two attached hydrogens (primary N) is 1. The van der Waals surface area contributed by atoms with Crippen molar-refractivity contribution in [1.82, 2.24) is 9.97 Å². The maximum Gasteiger partial charge on any atom is 0.333 e. The maximum atomic E-state index is 13.7. The number of rotatable bonds is 9. The lowest BCUT2D eigenvalue weighted by Crippen LogP contribution is -2.26. The number of anilines is 1. The summed E-state index contributed by atoms with van der Waals surface area (Å²) in [7, 11) is -4.09. The fourth-order valence-corrected chi connectivity index (χ4v) is 6.86. The van der Waals surface area contributed by atoms with Gasteiger partial charge in [0.25, 0.3) is 0 Å². The van der Waals surface area contributed by atoms with E-state index in [2.05, 4.69) is 31.6 Å². The molecule has 4 N–H and O–H groups in total. The Morgan fingerprint density at radius 3 is 2.82 bits per heavy atom. The molecule has 12 heteroatoms. The lowest BCUT2D eigenvalue weighted by Gasteiger charge is -2.29. The third-order valence-corrected chi connectivity index (χ3v) is 8.75. The smallest absolute Gasteiger partial charge is 0.333 e. The van der Waals surface area contributed by atoms with Gasteiger partial charge in [0.05, 0.1) is 23.2 Å². The van der Waals surface area contributed by atoms with Crippen molar-refractivity contribution in [2.75, 3.05) is 18.5 Å². The zero-order valence-corrected chi connectivity index (χ0v) is 22.5. The highest BCUT2D eigenvalue weighted by Crippen LogP contribution is 2.46. The highest BCUT2D eigenvalue weighted by atomic mass is 32.2. The Kier molecular flexibility index (Phi) is 7.63. The number of aromatic nitrogens is 2. The van der Waals surface area contributed by atoms with Crippen LogP contribution in [0.2, 0.25) is 0 Å². The number of aliphatic hydroxyl groups excluding tert-OH is 1. The second-order valence-corrected chi connectivity index (χ2v) is 12.2. The third-order valence-electron chi connectivity index (χ3n) is 7.24. The molecule has 2 fully saturated rings. The molecule has 1 aromatic carbocycles. The van der Waals surface area contributed by atoms with Gasteiger partial charge in [-0.25, -0.2) is 15.1 Å². The molecule has 1 saturated carbocycles. The van der Waals surface area contributed by atoms with Crippen LogP contribution in [-0.2, 0) is 24.8 Å². The number of benzene rings is 1. The standard InChI is InChI=1S/C26H30N4O6S2/c1-16-21(26(8-5-9-35-26)18-6-3-2-4-7-18)12-23(37-16)24(32)20-13-28-15-29-25(20)30-19-10-17(22(31)11-19)14-36-38(27,33)34/h2-4,6-7,12-13,15,17,19,22,31H,5,8-11,14H2,1H3,(H2,27,33,34)(H,28,29,30)/t17-,19-,22+,26-/m1/s1. The molecular weight excluding hydrogens is 528 g/mol. The molecule has 2 aromatic heterocycles. The predicted octanol–water partition coefficient (Wildman–Crippen LogP) is 2.90. The van der Waals surface area contributed by atoms with Crippen LogP contribution in [0.5, 0.6) is 0 Å². The molecule has 2 aliphatic rings. The molecule has 0 spiro atoms. The van der Waals surface area contributed by atoms with Gasteiger partial charge in [0.15, 0.2) is 0 Å². The van der Waals surface area contributed by atoms with Crippen LogP contribution >= 0.6 is 11.3 Å². The van der Waals surface area contributed by atoms with Gasteiger partial charge in [-0.1, -0.05) is 30.3 Å². The molecule has 10 nitrogen and oxygen atoms in total. The van der Waals surface area contributed by atoms with Gasteiger partial charge in [-0.15, -0.1) is 11.3 Å². The Morgan fingerprint density at radius 2 is 2.11 bits per heavy atom. The van der Waals surface area contributed by atoms with Crippen molar-refractivity contribution in [1.29, 1.82) is 0 Å². The van der Waals surface area contributed by atoms with Gasteiger partial charge in [0.1, 0.15) is 17.7 Å². The minimum Gasteiger partial charge on any atom is -0.393 e. The molecule has 1 aliphatic carbocycles. The highest BCUT2D eigenvalue weighted by molar-refractivity contribution is 7.84. The molecule has 38 heavy (non-hydrogen) atoms. The number of aliphatic hydroxyl groups is 1. The van der Waals surface area contributed by atoms with E-state index in [4.69, 9.17) is 9.88 Å². The average molecular weight is 559 g/mol. The van der Waals surface area contributed by atoms with E-state index in [1.165, 1.54) is 23.9 Å². The van der Waals surface area contributed by atoms with Crippen molar-refractivity contribution < 1.29 is 27.2 Å². The Hall–Kier alpha value is -2.74. The number of nitrogens with zero attached hydrogens (tertiary/aromatic N) is 2. The van der Waals surface area contributed by atoms with Crippen LogP contribution in [0, 0.1) is 12.8 Å². The lowest BCUT2D eigenvalue weighted by molar-refractivity contribution is 0.0358. The SMILES string of the molecule is Cc1sc(C(=O)c2cncnc2N[C@@H]2C[C@H](COS(N)(=O)=O)[C@@H](O)C2)cc1[C@]1(c2ccccc2)CCCO1. The molecule has 0 unspecified atom stereocenters. The average Bonchev–Trinajstić information content (AvgIpc) is 3.62. The number of ether oxygens (including phenoxy) is 1. The minimum atomic E-state index is -4.09. The van der Waals surface area contributed by atoms with Crippen molar-refractivity contribution in [3.05, 3.63) is 75.4 Å². The molecule has 3 heterocycles. The van der Waals surface area contributed by atoms with Gasteiger partial charge < -0.3 is 15.2 Å². The third kappa shape index (κ3) is 5.51. The Labute approximate surface area is 225 Å². The summed E-state index contributed by atoms with van der Waals surface area (Å²) in [6, 6.07) is 11.8. The first-order chi connectivity index (χ1) is 18.2. The molecule has 202 valence electrons. The number of thiophene rings is 1. The number of ketones is 1. The molecule has 0 amide bonds. The zero-order valence-electron chi connectivity index (χ0n) is 20.9. The van der Waals surface area contributed by atoms with E-state index in [0.717, 1.165) is 28.8 Å². The van der Waals surface area contributed by atoms with Crippen LogP contribution in [-0.4, -0.2) is 54.6 Å². The van der Waals surface area contributed by atoms with Crippen LogP contribution in [0.15, 0.2) is 48.9 Å². The van der Waals surface area contributed by atoms with Crippen molar-refractivity contribution in [2.24, 2.45) is 11.1 Å². The molecule has 3 aromatic rings. The summed E-state index contributed by atoms with van der Waals surface area (Å²) >= 11 is 1.42. The summed E-state index contributed by atoms with van der Waals surface area (Å²) in [6.07, 6.45) is 4.60. The fourth-order valence-electron chi connectivity index (χ4n) is 5.46. The number of hydrogen-bond acceptors (Lipinski definition) is 10. The topological polar surface area (TPSA) is 154 Å². The molecule has 1 saturated heterocycles. The van der Waals surface area contributed by atoms with E-state index >= 15 is 0 Å². The number of carbonyl (C=O) groups excluding carboxylic acids is 1. The van der Waals surface area contributed by atoms with E-state index < -0.39 is 27.9 Å². The van der Waals surface area contributed by atoms with Crippen LogP contribution in [0.1, 0.15) is 56.9 Å². The predicted molar refractivity (Wildman–Crippen MR) is 142 cm³/mol. The normalized spacial score (nSPS) is 25.5. The first-order valence-corrected chi connectivity index (χ1v) is 14.7. The quantitative estimate of drug-likeness (QED) is 0.336. The van der Waals surface area contributed by atoms with Gasteiger partial charge in [-0.3, -0.25) is 8.98 Å². The monoisotopic (exact) mass is 558 g/mol. The second kappa shape index (κ2) is 10.8. The van der Waals surface area contributed by atoms with E-state index in [9.17, 15) is 18.3 Å². The first-order valence-electron chi connectivity index (χ1n) is 12.4. The summed E-state index contributed by atoms with van der Waals surface area (Å²) in [5.74, 6) is -0.270. The van der Waals surface area contributed by atoms with E-state index in [1.807, 2.05) is 31.2 Å². The van der Waals surface area contributed by atoms with Crippen LogP contribution in [0.25, 0.3) is 0 Å². The zero-order chi connectivity index (χ0) is 26.9. The van der Waals surface area contributed by atoms with Gasteiger partial charge in [-0.2, -0.15) is 8.42 Å². The van der Waals surface area contributed by atoms with Crippen LogP contribution < -0.4 is 10.5 Å². The second-order valence-electron chi connectivity index (χ2n) is 9.76. The molecule has 1 aliphatic heterocycles. The van der Waals surface area contributed by atoms with Crippen molar-refractivity contribution in [2.45, 2.75) is 50.4 Å². The van der Waals surface area contributed by atoms with Crippen LogP contribution in [0.4, 0.5) is 5.82 Å². The minimum absolute atomic E-state index is 0.207. The Balaban J connectivity index is 1.37. The number of carbonyl (C=O) groups is 1. The Bertz CT molecular complexity index is 1410. The fraction of sp³-hybridized carbons (Fsp3) is 0.423. The van der Waals surface area contributed by atoms with Gasteiger partial charge in [-0.05, 0) is 44.2 Å². The van der Waals surface area contributed by atoms with Crippen molar-refractivity contribution >= 4 is 33.2 Å². The first kappa shape index (κ1) is 26.9. The van der Waals surface area contributed by atoms with Crippen molar-refractivity contribution in [3.8, 4) is 0 Å². The Morgan fingerprint density at radius 1 is 1.32 bits per heavy atom. The van der Waals surface area contributed by atoms with E-state index in [1.54, 1.807) is 0 Å². The lowest BCUT2D eigenvalue weighted by atomic mass is 9.84. The van der Waals surface area contributed by atoms with Gasteiger partial charge >= 0.3 is 10.3 Å². The van der Waals surface area contributed by atoms with Gasteiger partial charge in [0.2, 0.25) is 5.78 Å². The molecule has 0 radical (unpaired) electrons.